The molecule has 2 aliphatic rings. The number of β-lactam (4-membered cyclic amide) rings is 1. The van der Waals surface area contributed by atoms with Gasteiger partial charge in [0.05, 0.1) is 12.0 Å². The molecule has 2 fully saturated rings. The van der Waals surface area contributed by atoms with Gasteiger partial charge in [-0.25, -0.2) is 0 Å². The highest BCUT2D eigenvalue weighted by Gasteiger charge is 2.61. The number of rotatable bonds is 0. The molecule has 1 saturated carbocycles. The zero-order chi connectivity index (χ0) is 11.4. The first-order chi connectivity index (χ1) is 6.90. The van der Waals surface area contributed by atoms with Crippen LogP contribution < -0.4 is 5.32 Å². The fourth-order valence-electron chi connectivity index (χ4n) is 2.63. The molecule has 1 aliphatic carbocycles. The van der Waals surface area contributed by atoms with Crippen molar-refractivity contribution in [2.24, 2.45) is 11.8 Å². The Hall–Kier alpha value is -0.940. The van der Waals surface area contributed by atoms with Crippen molar-refractivity contribution >= 4 is 11.7 Å². The summed E-state index contributed by atoms with van der Waals surface area (Å²) >= 11 is 0. The predicted molar refractivity (Wildman–Crippen MR) is 50.8 cm³/mol. The highest BCUT2D eigenvalue weighted by atomic mass is 16.3. The van der Waals surface area contributed by atoms with Crippen LogP contribution in [0.3, 0.4) is 0 Å². The molecule has 1 spiro atoms. The van der Waals surface area contributed by atoms with E-state index in [2.05, 4.69) is 5.32 Å². The standard InChI is InChI=1S/C10H15NO4/c1-4-5(2)10(3-6(12)11-10)9(15)8(14)7(4)13/h4-5,8-9,14-15H,3H2,1-2H3,(H,11,12). The highest BCUT2D eigenvalue weighted by molar-refractivity contribution is 5.91. The van der Waals surface area contributed by atoms with Crippen molar-refractivity contribution in [1.82, 2.24) is 5.32 Å². The van der Waals surface area contributed by atoms with Crippen LogP contribution in [0.15, 0.2) is 0 Å². The summed E-state index contributed by atoms with van der Waals surface area (Å²) in [5.41, 5.74) is -0.802. The molecule has 15 heavy (non-hydrogen) atoms. The molecule has 0 bridgehead atoms. The van der Waals surface area contributed by atoms with Crippen LogP contribution in [-0.2, 0) is 9.59 Å². The van der Waals surface area contributed by atoms with Crippen molar-refractivity contribution in [2.45, 2.75) is 38.0 Å². The van der Waals surface area contributed by atoms with E-state index in [1.807, 2.05) is 6.92 Å². The molecule has 0 aromatic rings. The molecule has 0 radical (unpaired) electrons. The van der Waals surface area contributed by atoms with Crippen molar-refractivity contribution in [1.29, 1.82) is 0 Å². The summed E-state index contributed by atoms with van der Waals surface area (Å²) in [6.45, 7) is 3.53. The SMILES string of the molecule is CC1C(=O)C(O)C(O)C2(CC(=O)N2)C1C. The number of amides is 1. The van der Waals surface area contributed by atoms with Gasteiger partial charge in [-0.1, -0.05) is 13.8 Å². The lowest BCUT2D eigenvalue weighted by Gasteiger charge is -2.55. The summed E-state index contributed by atoms with van der Waals surface area (Å²) in [6, 6.07) is 0. The molecular weight excluding hydrogens is 198 g/mol. The normalized spacial score (nSPS) is 50.1. The van der Waals surface area contributed by atoms with Gasteiger partial charge in [0.2, 0.25) is 5.91 Å². The quantitative estimate of drug-likeness (QED) is 0.442. The Bertz CT molecular complexity index is 299. The third-order valence-electron chi connectivity index (χ3n) is 3.95. The number of hydrogen-bond acceptors (Lipinski definition) is 4. The van der Waals surface area contributed by atoms with Gasteiger partial charge < -0.3 is 15.5 Å². The number of hydrogen-bond donors (Lipinski definition) is 3. The van der Waals surface area contributed by atoms with Crippen molar-refractivity contribution in [3.05, 3.63) is 0 Å². The number of carbonyl (C=O) groups is 2. The molecule has 0 aromatic carbocycles. The zero-order valence-electron chi connectivity index (χ0n) is 8.73. The van der Waals surface area contributed by atoms with Crippen LogP contribution in [0.4, 0.5) is 0 Å². The lowest BCUT2D eigenvalue weighted by atomic mass is 9.60. The Morgan fingerprint density at radius 2 is 1.87 bits per heavy atom. The third kappa shape index (κ3) is 1.16. The van der Waals surface area contributed by atoms with E-state index in [1.54, 1.807) is 6.92 Å². The first kappa shape index (κ1) is 10.6. The molecule has 5 atom stereocenters. The summed E-state index contributed by atoms with van der Waals surface area (Å²) < 4.78 is 0. The molecule has 5 heteroatoms. The predicted octanol–water partition coefficient (Wildman–Crippen LogP) is -1.18. The topological polar surface area (TPSA) is 86.6 Å². The van der Waals surface area contributed by atoms with Crippen molar-refractivity contribution in [3.63, 3.8) is 0 Å². The maximum absolute atomic E-state index is 11.5. The number of nitrogens with one attached hydrogen (secondary N) is 1. The minimum atomic E-state index is -1.38. The van der Waals surface area contributed by atoms with Gasteiger partial charge in [0, 0.05) is 5.92 Å². The highest BCUT2D eigenvalue weighted by Crippen LogP contribution is 2.42. The molecular formula is C10H15NO4. The monoisotopic (exact) mass is 213 g/mol. The van der Waals surface area contributed by atoms with Crippen LogP contribution in [0.25, 0.3) is 0 Å². The lowest BCUT2D eigenvalue weighted by molar-refractivity contribution is -0.174. The second-order valence-corrected chi connectivity index (χ2v) is 4.63. The van der Waals surface area contributed by atoms with Crippen molar-refractivity contribution in [2.75, 3.05) is 0 Å². The van der Waals surface area contributed by atoms with Crippen LogP contribution in [0.2, 0.25) is 0 Å². The average Bonchev–Trinajstić information content (AvgIpc) is 2.17. The van der Waals surface area contributed by atoms with Gasteiger partial charge in [-0.15, -0.1) is 0 Å². The number of ketones is 1. The van der Waals surface area contributed by atoms with E-state index < -0.39 is 17.7 Å². The summed E-state index contributed by atoms with van der Waals surface area (Å²) in [4.78, 5) is 22.5. The van der Waals surface area contributed by atoms with Gasteiger partial charge in [-0.05, 0) is 5.92 Å². The van der Waals surface area contributed by atoms with Crippen LogP contribution in [-0.4, -0.2) is 39.7 Å². The largest absolute Gasteiger partial charge is 0.387 e. The number of aliphatic hydroxyl groups excluding tert-OH is 2. The number of aliphatic hydroxyl groups is 2. The first-order valence-electron chi connectivity index (χ1n) is 5.11. The molecule has 1 saturated heterocycles. The van der Waals surface area contributed by atoms with Crippen LogP contribution in [0, 0.1) is 11.8 Å². The Labute approximate surface area is 87.5 Å². The Balaban J connectivity index is 2.31. The maximum atomic E-state index is 11.5. The zero-order valence-corrected chi connectivity index (χ0v) is 8.73. The van der Waals surface area contributed by atoms with Crippen molar-refractivity contribution in [3.8, 4) is 0 Å². The third-order valence-corrected chi connectivity index (χ3v) is 3.95. The molecule has 1 amide bonds. The first-order valence-corrected chi connectivity index (χ1v) is 5.11. The Kier molecular flexibility index (Phi) is 2.13. The molecule has 5 nitrogen and oxygen atoms in total. The number of carbonyl (C=O) groups excluding carboxylic acids is 2. The molecule has 2 rings (SSSR count). The van der Waals surface area contributed by atoms with Gasteiger partial charge in [0.1, 0.15) is 12.2 Å². The van der Waals surface area contributed by atoms with Crippen LogP contribution in [0.5, 0.6) is 0 Å². The molecule has 5 unspecified atom stereocenters. The maximum Gasteiger partial charge on any atom is 0.223 e. The van der Waals surface area contributed by atoms with E-state index in [0.717, 1.165) is 0 Å². The summed E-state index contributed by atoms with van der Waals surface area (Å²) in [6.07, 6.45) is -2.38. The van der Waals surface area contributed by atoms with Gasteiger partial charge in [-0.2, -0.15) is 0 Å². The molecule has 1 aliphatic heterocycles. The Morgan fingerprint density at radius 1 is 1.33 bits per heavy atom. The molecule has 0 aromatic heterocycles. The molecule has 3 N–H and O–H groups in total. The summed E-state index contributed by atoms with van der Waals surface area (Å²) in [5, 5.41) is 22.0. The van der Waals surface area contributed by atoms with E-state index >= 15 is 0 Å². The minimum Gasteiger partial charge on any atom is -0.387 e. The van der Waals surface area contributed by atoms with E-state index in [0.29, 0.717) is 0 Å². The Morgan fingerprint density at radius 3 is 2.33 bits per heavy atom. The van der Waals surface area contributed by atoms with Gasteiger partial charge in [0.25, 0.3) is 0 Å². The summed E-state index contributed by atoms with van der Waals surface area (Å²) in [5.74, 6) is -0.985. The summed E-state index contributed by atoms with van der Waals surface area (Å²) in [7, 11) is 0. The molecule has 1 heterocycles. The van der Waals surface area contributed by atoms with E-state index in [1.165, 1.54) is 0 Å². The number of Topliss-reactive ketones (excluding diaryl/α,β-unsaturated/α-hetero) is 1. The van der Waals surface area contributed by atoms with Crippen LogP contribution >= 0.6 is 0 Å². The fourth-order valence-corrected chi connectivity index (χ4v) is 2.63. The molecule has 84 valence electrons. The second-order valence-electron chi connectivity index (χ2n) is 4.63. The van der Waals surface area contributed by atoms with Crippen LogP contribution in [0.1, 0.15) is 20.3 Å². The fraction of sp³-hybridized carbons (Fsp3) is 0.800. The smallest absolute Gasteiger partial charge is 0.223 e. The van der Waals surface area contributed by atoms with Gasteiger partial charge in [0.15, 0.2) is 5.78 Å². The van der Waals surface area contributed by atoms with E-state index in [9.17, 15) is 19.8 Å². The lowest BCUT2D eigenvalue weighted by Crippen LogP contribution is -2.77. The minimum absolute atomic E-state index is 0.144. The van der Waals surface area contributed by atoms with E-state index in [-0.39, 0.29) is 29.9 Å². The van der Waals surface area contributed by atoms with E-state index in [4.69, 9.17) is 0 Å². The average molecular weight is 213 g/mol. The van der Waals surface area contributed by atoms with Crippen molar-refractivity contribution < 1.29 is 19.8 Å². The van der Waals surface area contributed by atoms with Gasteiger partial charge in [-0.3, -0.25) is 9.59 Å². The second kappa shape index (κ2) is 3.02. The van der Waals surface area contributed by atoms with Gasteiger partial charge >= 0.3 is 0 Å².